The van der Waals surface area contributed by atoms with Crippen molar-refractivity contribution in [3.05, 3.63) is 70.4 Å². The molecule has 29 heavy (non-hydrogen) atoms. The molecule has 1 saturated heterocycles. The molecule has 1 fully saturated rings. The molecule has 2 aromatic rings. The summed E-state index contributed by atoms with van der Waals surface area (Å²) in [6.07, 6.45) is 3.53. The van der Waals surface area contributed by atoms with E-state index in [4.69, 9.17) is 17.0 Å². The van der Waals surface area contributed by atoms with Crippen LogP contribution < -0.4 is 0 Å². The maximum absolute atomic E-state index is 12.6. The van der Waals surface area contributed by atoms with Crippen LogP contribution in [0.3, 0.4) is 0 Å². The SMILES string of the molecule is C=CCN1C(=O)/C(=C/c2cc(C)n(-c3cccc(C(=O)OCC)c3)c2C)SC1=S. The fraction of sp³-hybridized carbons (Fsp3) is 0.227. The molecule has 0 atom stereocenters. The summed E-state index contributed by atoms with van der Waals surface area (Å²) in [6.45, 7) is 10.2. The summed E-state index contributed by atoms with van der Waals surface area (Å²) < 4.78 is 7.70. The highest BCUT2D eigenvalue weighted by atomic mass is 32.2. The van der Waals surface area contributed by atoms with Gasteiger partial charge < -0.3 is 9.30 Å². The molecule has 0 bridgehead atoms. The predicted molar refractivity (Wildman–Crippen MR) is 121 cm³/mol. The Kier molecular flexibility index (Phi) is 6.39. The first kappa shape index (κ1) is 21.1. The lowest BCUT2D eigenvalue weighted by Gasteiger charge is -2.11. The second-order valence-electron chi connectivity index (χ2n) is 6.51. The number of rotatable bonds is 6. The molecule has 2 heterocycles. The first-order valence-electron chi connectivity index (χ1n) is 9.20. The van der Waals surface area contributed by atoms with Gasteiger partial charge in [-0.15, -0.1) is 6.58 Å². The summed E-state index contributed by atoms with van der Waals surface area (Å²) >= 11 is 6.61. The number of nitrogens with zero attached hydrogens (tertiary/aromatic N) is 2. The van der Waals surface area contributed by atoms with E-state index in [1.54, 1.807) is 24.0 Å². The maximum atomic E-state index is 12.6. The minimum Gasteiger partial charge on any atom is -0.462 e. The Labute approximate surface area is 180 Å². The van der Waals surface area contributed by atoms with Crippen molar-refractivity contribution in [2.75, 3.05) is 13.2 Å². The van der Waals surface area contributed by atoms with Crippen LogP contribution in [0, 0.1) is 13.8 Å². The van der Waals surface area contributed by atoms with Crippen molar-refractivity contribution in [2.45, 2.75) is 20.8 Å². The van der Waals surface area contributed by atoms with Crippen molar-refractivity contribution in [3.63, 3.8) is 0 Å². The Balaban J connectivity index is 1.97. The van der Waals surface area contributed by atoms with Crippen LogP contribution in [0.25, 0.3) is 11.8 Å². The van der Waals surface area contributed by atoms with E-state index < -0.39 is 0 Å². The smallest absolute Gasteiger partial charge is 0.338 e. The fourth-order valence-corrected chi connectivity index (χ4v) is 4.51. The quantitative estimate of drug-likeness (QED) is 0.291. The average Bonchev–Trinajstić information content (AvgIpc) is 3.12. The Hall–Kier alpha value is -2.64. The van der Waals surface area contributed by atoms with Crippen LogP contribution >= 0.6 is 24.0 Å². The van der Waals surface area contributed by atoms with E-state index in [0.29, 0.717) is 27.9 Å². The number of hydrogen-bond donors (Lipinski definition) is 0. The summed E-state index contributed by atoms with van der Waals surface area (Å²) in [4.78, 5) is 26.8. The van der Waals surface area contributed by atoms with Crippen LogP contribution in [0.1, 0.15) is 34.2 Å². The Bertz CT molecular complexity index is 1040. The molecular weight excluding hydrogens is 404 g/mol. The van der Waals surface area contributed by atoms with Crippen LogP contribution in [0.15, 0.2) is 47.9 Å². The zero-order valence-electron chi connectivity index (χ0n) is 16.6. The molecule has 1 aromatic heterocycles. The summed E-state index contributed by atoms with van der Waals surface area (Å²) in [5, 5.41) is 0. The first-order valence-corrected chi connectivity index (χ1v) is 10.4. The number of carbonyl (C=O) groups is 2. The summed E-state index contributed by atoms with van der Waals surface area (Å²) in [6, 6.07) is 9.34. The largest absolute Gasteiger partial charge is 0.462 e. The molecular formula is C22H22N2O3S2. The van der Waals surface area contributed by atoms with Crippen LogP contribution in [0.2, 0.25) is 0 Å². The maximum Gasteiger partial charge on any atom is 0.338 e. The molecule has 3 rings (SSSR count). The molecule has 150 valence electrons. The number of hydrogen-bond acceptors (Lipinski definition) is 5. The summed E-state index contributed by atoms with van der Waals surface area (Å²) in [7, 11) is 0. The lowest BCUT2D eigenvalue weighted by Crippen LogP contribution is -2.27. The Morgan fingerprint density at radius 2 is 2.07 bits per heavy atom. The number of esters is 1. The molecule has 0 N–H and O–H groups in total. The number of aryl methyl sites for hydroxylation is 1. The molecule has 1 amide bonds. The van der Waals surface area contributed by atoms with Crippen molar-refractivity contribution in [1.82, 2.24) is 9.47 Å². The van der Waals surface area contributed by atoms with Crippen molar-refractivity contribution < 1.29 is 14.3 Å². The third kappa shape index (κ3) is 4.21. The normalized spacial score (nSPS) is 15.3. The standard InChI is InChI=1S/C22H22N2O3S2/c1-5-10-23-20(25)19(29-22(23)28)13-17-11-14(3)24(15(17)4)18-9-7-8-16(12-18)21(26)27-6-2/h5,7-9,11-13H,1,6,10H2,2-4H3/b19-13-. The molecule has 0 aliphatic carbocycles. The number of thiocarbonyl (C=S) groups is 1. The van der Waals surface area contributed by atoms with Crippen molar-refractivity contribution in [1.29, 1.82) is 0 Å². The van der Waals surface area contributed by atoms with Gasteiger partial charge in [0, 0.05) is 23.6 Å². The van der Waals surface area contributed by atoms with Gasteiger partial charge >= 0.3 is 5.97 Å². The highest BCUT2D eigenvalue weighted by Crippen LogP contribution is 2.34. The minimum atomic E-state index is -0.345. The number of amides is 1. The zero-order chi connectivity index (χ0) is 21.1. The number of thioether (sulfide) groups is 1. The summed E-state index contributed by atoms with van der Waals surface area (Å²) in [5.41, 5.74) is 4.27. The molecule has 0 spiro atoms. The van der Waals surface area contributed by atoms with Gasteiger partial charge in [-0.2, -0.15) is 0 Å². The molecule has 0 saturated carbocycles. The lowest BCUT2D eigenvalue weighted by atomic mass is 10.2. The van der Waals surface area contributed by atoms with Crippen LogP contribution in [-0.4, -0.2) is 38.8 Å². The Morgan fingerprint density at radius 3 is 2.76 bits per heavy atom. The van der Waals surface area contributed by atoms with Gasteiger partial charge in [0.2, 0.25) is 0 Å². The molecule has 5 nitrogen and oxygen atoms in total. The lowest BCUT2D eigenvalue weighted by molar-refractivity contribution is -0.121. The second kappa shape index (κ2) is 8.80. The molecule has 7 heteroatoms. The summed E-state index contributed by atoms with van der Waals surface area (Å²) in [5.74, 6) is -0.447. The van der Waals surface area contributed by atoms with Crippen molar-refractivity contribution in [2.24, 2.45) is 0 Å². The highest BCUT2D eigenvalue weighted by Gasteiger charge is 2.31. The van der Waals surface area contributed by atoms with E-state index in [-0.39, 0.29) is 11.9 Å². The molecule has 1 aromatic carbocycles. The van der Waals surface area contributed by atoms with Crippen LogP contribution in [-0.2, 0) is 9.53 Å². The topological polar surface area (TPSA) is 51.5 Å². The van der Waals surface area contributed by atoms with Gasteiger partial charge in [-0.25, -0.2) is 4.79 Å². The van der Waals surface area contributed by atoms with Gasteiger partial charge in [0.1, 0.15) is 4.32 Å². The molecule has 1 aliphatic heterocycles. The van der Waals surface area contributed by atoms with Crippen LogP contribution in [0.5, 0.6) is 0 Å². The Morgan fingerprint density at radius 1 is 1.31 bits per heavy atom. The number of carbonyl (C=O) groups excluding carboxylic acids is 2. The van der Waals surface area contributed by atoms with Crippen molar-refractivity contribution in [3.8, 4) is 5.69 Å². The van der Waals surface area contributed by atoms with Gasteiger partial charge in [-0.1, -0.05) is 36.1 Å². The number of ether oxygens (including phenoxy) is 1. The van der Waals surface area contributed by atoms with Crippen molar-refractivity contribution >= 4 is 46.3 Å². The third-order valence-electron chi connectivity index (χ3n) is 4.56. The number of benzene rings is 1. The van der Waals surface area contributed by atoms with Gasteiger partial charge in [0.15, 0.2) is 0 Å². The first-order chi connectivity index (χ1) is 13.9. The van der Waals surface area contributed by atoms with E-state index in [2.05, 4.69) is 11.1 Å². The monoisotopic (exact) mass is 426 g/mol. The average molecular weight is 427 g/mol. The van der Waals surface area contributed by atoms with E-state index in [1.807, 2.05) is 44.2 Å². The second-order valence-corrected chi connectivity index (χ2v) is 8.19. The zero-order valence-corrected chi connectivity index (χ0v) is 18.2. The fourth-order valence-electron chi connectivity index (χ4n) is 3.25. The molecule has 0 unspecified atom stereocenters. The molecule has 1 aliphatic rings. The number of aromatic nitrogens is 1. The van der Waals surface area contributed by atoms with E-state index >= 15 is 0 Å². The van der Waals surface area contributed by atoms with E-state index in [9.17, 15) is 9.59 Å². The predicted octanol–water partition coefficient (Wildman–Crippen LogP) is 4.66. The molecule has 0 radical (unpaired) electrons. The van der Waals surface area contributed by atoms with E-state index in [0.717, 1.165) is 22.6 Å². The van der Waals surface area contributed by atoms with Gasteiger partial charge in [0.25, 0.3) is 5.91 Å². The van der Waals surface area contributed by atoms with Gasteiger partial charge in [-0.05, 0) is 56.7 Å². The minimum absolute atomic E-state index is 0.103. The highest BCUT2D eigenvalue weighted by molar-refractivity contribution is 8.26. The van der Waals surface area contributed by atoms with Gasteiger partial charge in [0.05, 0.1) is 17.1 Å². The van der Waals surface area contributed by atoms with Crippen LogP contribution in [0.4, 0.5) is 0 Å². The van der Waals surface area contributed by atoms with Gasteiger partial charge in [-0.3, -0.25) is 9.69 Å². The third-order valence-corrected chi connectivity index (χ3v) is 5.94. The van der Waals surface area contributed by atoms with E-state index in [1.165, 1.54) is 11.8 Å².